The molecule has 0 spiro atoms. The predicted molar refractivity (Wildman–Crippen MR) is 258 cm³/mol. The van der Waals surface area contributed by atoms with Crippen LogP contribution in [0.2, 0.25) is 0 Å². The molecule has 0 heteroatoms. The third-order valence-electron chi connectivity index (χ3n) is 11.9. The lowest BCUT2D eigenvalue weighted by Crippen LogP contribution is -1.84. The fourth-order valence-corrected chi connectivity index (χ4v) is 8.07. The van der Waals surface area contributed by atoms with E-state index in [4.69, 9.17) is 0 Å². The Balaban J connectivity index is -0.000000446. The molecule has 0 aromatic rings. The molecular weight excluding hydrogens is 649 g/mol. The highest BCUT2D eigenvalue weighted by Gasteiger charge is 1.98. The second-order valence-corrected chi connectivity index (χ2v) is 17.6. The maximum atomic E-state index is 2.30. The summed E-state index contributed by atoms with van der Waals surface area (Å²) in [6, 6.07) is 0. The fraction of sp³-hybridized carbons (Fsp3) is 1.00. The van der Waals surface area contributed by atoms with Gasteiger partial charge in [0.05, 0.1) is 0 Å². The van der Waals surface area contributed by atoms with E-state index in [1.807, 2.05) is 0 Å². The molecule has 332 valence electrons. The van der Waals surface area contributed by atoms with Crippen molar-refractivity contribution >= 4 is 0 Å². The summed E-state index contributed by atoms with van der Waals surface area (Å²) in [5.41, 5.74) is 0. The summed E-state index contributed by atoms with van der Waals surface area (Å²) in [5, 5.41) is 0. The van der Waals surface area contributed by atoms with E-state index in [0.717, 1.165) is 0 Å². The molecule has 0 aromatic heterocycles. The van der Waals surface area contributed by atoms with Crippen LogP contribution >= 0.6 is 0 Å². The first-order valence-corrected chi connectivity index (χ1v) is 25.8. The zero-order valence-corrected chi connectivity index (χ0v) is 37.9. The topological polar surface area (TPSA) is 0 Å². The van der Waals surface area contributed by atoms with Crippen LogP contribution in [0.15, 0.2) is 0 Å². The molecule has 0 unspecified atom stereocenters. The van der Waals surface area contributed by atoms with Gasteiger partial charge in [-0.1, -0.05) is 351 Å². The van der Waals surface area contributed by atoms with Crippen LogP contribution in [-0.2, 0) is 0 Å². The monoisotopic (exact) mass is 765 g/mol. The van der Waals surface area contributed by atoms with Crippen molar-refractivity contribution in [3.05, 3.63) is 0 Å². The molecule has 0 aliphatic heterocycles. The lowest BCUT2D eigenvalue weighted by atomic mass is 10.0. The minimum absolute atomic E-state index is 0. The van der Waals surface area contributed by atoms with Crippen LogP contribution in [0.3, 0.4) is 0 Å². The normalized spacial score (nSPS) is 10.9. The molecule has 0 aliphatic rings. The van der Waals surface area contributed by atoms with Gasteiger partial charge in [0, 0.05) is 0 Å². The summed E-state index contributed by atoms with van der Waals surface area (Å²) in [7, 11) is 0. The van der Waals surface area contributed by atoms with E-state index in [0.29, 0.717) is 0 Å². The van der Waals surface area contributed by atoms with Gasteiger partial charge in [-0.05, 0) is 0 Å². The largest absolute Gasteiger partial charge is 0.0776 e. The van der Waals surface area contributed by atoms with Crippen LogP contribution < -0.4 is 0 Å². The molecule has 0 amide bonds. The van der Waals surface area contributed by atoms with Gasteiger partial charge in [-0.2, -0.15) is 0 Å². The van der Waals surface area contributed by atoms with E-state index in [1.165, 1.54) is 308 Å². The van der Waals surface area contributed by atoms with E-state index < -0.39 is 0 Å². The van der Waals surface area contributed by atoms with Crippen molar-refractivity contribution in [1.82, 2.24) is 0 Å². The minimum atomic E-state index is 0. The first-order valence-electron chi connectivity index (χ1n) is 25.8. The zero-order chi connectivity index (χ0) is 37.9. The highest BCUT2D eigenvalue weighted by Crippen LogP contribution is 2.17. The second kappa shape index (κ2) is 62.2. The molecule has 0 rings (SSSR count). The zero-order valence-electron chi connectivity index (χ0n) is 37.9. The van der Waals surface area contributed by atoms with Crippen molar-refractivity contribution in [1.29, 1.82) is 0 Å². The van der Waals surface area contributed by atoms with Gasteiger partial charge in [0.25, 0.3) is 0 Å². The summed E-state index contributed by atoms with van der Waals surface area (Å²) in [5.74, 6) is 0. The molecule has 0 nitrogen and oxygen atoms in total. The van der Waals surface area contributed by atoms with Crippen molar-refractivity contribution in [2.45, 2.75) is 351 Å². The summed E-state index contributed by atoms with van der Waals surface area (Å²) in [6.45, 7) is 9.21. The average molecular weight is 766 g/mol. The minimum Gasteiger partial charge on any atom is -0.0776 e. The molecule has 0 atom stereocenters. The van der Waals surface area contributed by atoms with Gasteiger partial charge in [0.2, 0.25) is 0 Å². The molecular formula is C54H116. The van der Waals surface area contributed by atoms with Crippen molar-refractivity contribution in [2.75, 3.05) is 0 Å². The average Bonchev–Trinajstić information content (AvgIpc) is 3.16. The van der Waals surface area contributed by atoms with Crippen LogP contribution in [0, 0.1) is 0 Å². The molecule has 0 bridgehead atoms. The molecule has 0 saturated heterocycles. The standard InChI is InChI=1S/2C26H54.2CH4/c2*1-3-5-7-9-11-13-15-17-19-21-23-25-26-24-22-20-18-16-14-12-10-8-6-4-2;;/h2*3-26H2,1-2H3;2*1H4. The van der Waals surface area contributed by atoms with Crippen LogP contribution in [0.25, 0.3) is 0 Å². The van der Waals surface area contributed by atoms with E-state index in [-0.39, 0.29) is 14.9 Å². The van der Waals surface area contributed by atoms with Crippen molar-refractivity contribution in [3.63, 3.8) is 0 Å². The molecule has 0 heterocycles. The first kappa shape index (κ1) is 60.7. The van der Waals surface area contributed by atoms with Crippen LogP contribution in [0.4, 0.5) is 0 Å². The summed E-state index contributed by atoms with van der Waals surface area (Å²) in [6.07, 6.45) is 70.8. The van der Waals surface area contributed by atoms with Crippen molar-refractivity contribution in [2.24, 2.45) is 0 Å². The molecule has 0 saturated carbocycles. The van der Waals surface area contributed by atoms with Crippen molar-refractivity contribution < 1.29 is 0 Å². The lowest BCUT2D eigenvalue weighted by molar-refractivity contribution is 0.518. The summed E-state index contributed by atoms with van der Waals surface area (Å²) in [4.78, 5) is 0. The second-order valence-electron chi connectivity index (χ2n) is 17.6. The van der Waals surface area contributed by atoms with Gasteiger partial charge in [-0.25, -0.2) is 0 Å². The Bertz CT molecular complexity index is 440. The molecule has 0 fully saturated rings. The Kier molecular flexibility index (Phi) is 69.9. The number of rotatable bonds is 46. The number of hydrogen-bond donors (Lipinski definition) is 0. The molecule has 0 aliphatic carbocycles. The van der Waals surface area contributed by atoms with Gasteiger partial charge in [0.1, 0.15) is 0 Å². The Morgan fingerprint density at radius 3 is 0.222 bits per heavy atom. The van der Waals surface area contributed by atoms with Crippen LogP contribution in [0.1, 0.15) is 351 Å². The summed E-state index contributed by atoms with van der Waals surface area (Å²) < 4.78 is 0. The first-order chi connectivity index (χ1) is 25.8. The Labute approximate surface area is 349 Å². The lowest BCUT2D eigenvalue weighted by Gasteiger charge is -2.04. The molecule has 0 N–H and O–H groups in total. The Hall–Kier alpha value is 0. The SMILES string of the molecule is C.C.CCCCCCCCCCCCCCCCCCCCCCCCCC.CCCCCCCCCCCCCCCCCCCCCCCCCC. The smallest absolute Gasteiger partial charge is 0.0533 e. The molecule has 0 aromatic carbocycles. The van der Waals surface area contributed by atoms with Gasteiger partial charge >= 0.3 is 0 Å². The van der Waals surface area contributed by atoms with E-state index in [1.54, 1.807) is 0 Å². The van der Waals surface area contributed by atoms with Crippen LogP contribution in [-0.4, -0.2) is 0 Å². The Morgan fingerprint density at radius 1 is 0.111 bits per heavy atom. The highest BCUT2D eigenvalue weighted by atomic mass is 14.0. The number of unbranched alkanes of at least 4 members (excludes halogenated alkanes) is 46. The summed E-state index contributed by atoms with van der Waals surface area (Å²) >= 11 is 0. The third-order valence-corrected chi connectivity index (χ3v) is 11.9. The van der Waals surface area contributed by atoms with Crippen molar-refractivity contribution in [3.8, 4) is 0 Å². The maximum Gasteiger partial charge on any atom is -0.0533 e. The maximum absolute atomic E-state index is 2.30. The van der Waals surface area contributed by atoms with Gasteiger partial charge in [-0.3, -0.25) is 0 Å². The fourth-order valence-electron chi connectivity index (χ4n) is 8.07. The van der Waals surface area contributed by atoms with E-state index >= 15 is 0 Å². The van der Waals surface area contributed by atoms with Gasteiger partial charge < -0.3 is 0 Å². The van der Waals surface area contributed by atoms with Gasteiger partial charge in [0.15, 0.2) is 0 Å². The highest BCUT2D eigenvalue weighted by molar-refractivity contribution is 4.53. The molecule has 54 heavy (non-hydrogen) atoms. The Morgan fingerprint density at radius 2 is 0.167 bits per heavy atom. The number of hydrogen-bond acceptors (Lipinski definition) is 0. The van der Waals surface area contributed by atoms with Gasteiger partial charge in [-0.15, -0.1) is 0 Å². The van der Waals surface area contributed by atoms with E-state index in [2.05, 4.69) is 27.7 Å². The third kappa shape index (κ3) is 63.9. The molecule has 0 radical (unpaired) electrons. The van der Waals surface area contributed by atoms with Crippen LogP contribution in [0.5, 0.6) is 0 Å². The van der Waals surface area contributed by atoms with E-state index in [9.17, 15) is 0 Å². The predicted octanol–water partition coefficient (Wildman–Crippen LogP) is 22.0. The quantitative estimate of drug-likeness (QED) is 0.0542.